The van der Waals surface area contributed by atoms with Crippen LogP contribution in [-0.2, 0) is 15.1 Å². The second-order valence-electron chi connectivity index (χ2n) is 8.82. The molecule has 2 aliphatic rings. The lowest BCUT2D eigenvalue weighted by Gasteiger charge is -2.32. The van der Waals surface area contributed by atoms with E-state index in [0.29, 0.717) is 55.2 Å². The Kier molecular flexibility index (Phi) is 7.64. The van der Waals surface area contributed by atoms with Gasteiger partial charge in [0.1, 0.15) is 11.6 Å². The van der Waals surface area contributed by atoms with Crippen LogP contribution in [0.5, 0.6) is 17.2 Å². The molecule has 1 unspecified atom stereocenters. The van der Waals surface area contributed by atoms with Crippen molar-refractivity contribution in [1.29, 1.82) is 0 Å². The number of amides is 4. The molecule has 2 fully saturated rings. The Bertz CT molecular complexity index is 1080. The van der Waals surface area contributed by atoms with Crippen molar-refractivity contribution in [3.8, 4) is 17.2 Å². The second-order valence-corrected chi connectivity index (χ2v) is 8.82. The number of nitrogens with one attached hydrogen (secondary N) is 2. The Morgan fingerprint density at radius 3 is 2.25 bits per heavy atom. The van der Waals surface area contributed by atoms with Crippen LogP contribution in [0.3, 0.4) is 0 Å². The van der Waals surface area contributed by atoms with Gasteiger partial charge in [0, 0.05) is 13.1 Å². The summed E-state index contributed by atoms with van der Waals surface area (Å²) in [6.07, 6.45) is 1.70. The molecule has 0 aliphatic carbocycles. The SMILES string of the molecule is CCC1(c2ccccc2)NC(=O)N(NC(=O)CN2CCC(Oc3c(OC)cccc3OC)CC2)C1=O. The summed E-state index contributed by atoms with van der Waals surface area (Å²) in [7, 11) is 3.16. The van der Waals surface area contributed by atoms with Crippen LogP contribution in [0.2, 0.25) is 0 Å². The van der Waals surface area contributed by atoms with Gasteiger partial charge in [0.2, 0.25) is 5.75 Å². The fourth-order valence-corrected chi connectivity index (χ4v) is 4.69. The zero-order chi connectivity index (χ0) is 25.7. The van der Waals surface area contributed by atoms with Crippen LogP contribution < -0.4 is 25.0 Å². The highest BCUT2D eigenvalue weighted by Crippen LogP contribution is 2.38. The average molecular weight is 497 g/mol. The molecule has 192 valence electrons. The third-order valence-corrected chi connectivity index (χ3v) is 6.69. The van der Waals surface area contributed by atoms with Gasteiger partial charge in [-0.15, -0.1) is 0 Å². The molecule has 4 rings (SSSR count). The van der Waals surface area contributed by atoms with E-state index in [1.165, 1.54) is 0 Å². The minimum absolute atomic E-state index is 0.0588. The van der Waals surface area contributed by atoms with Crippen molar-refractivity contribution in [1.82, 2.24) is 20.7 Å². The second kappa shape index (κ2) is 10.9. The molecule has 10 nitrogen and oxygen atoms in total. The molecule has 2 saturated heterocycles. The first-order valence-corrected chi connectivity index (χ1v) is 12.0. The highest BCUT2D eigenvalue weighted by Gasteiger charge is 2.52. The molecule has 2 heterocycles. The molecule has 36 heavy (non-hydrogen) atoms. The summed E-state index contributed by atoms with van der Waals surface area (Å²) in [5, 5.41) is 3.56. The highest BCUT2D eigenvalue weighted by atomic mass is 16.5. The Morgan fingerprint density at radius 1 is 1.03 bits per heavy atom. The normalized spacial score (nSPS) is 20.7. The van der Waals surface area contributed by atoms with Crippen LogP contribution in [0.15, 0.2) is 48.5 Å². The zero-order valence-corrected chi connectivity index (χ0v) is 20.8. The van der Waals surface area contributed by atoms with E-state index in [0.717, 1.165) is 5.01 Å². The van der Waals surface area contributed by atoms with Gasteiger partial charge >= 0.3 is 6.03 Å². The number of carbonyl (C=O) groups is 3. The molecule has 0 bridgehead atoms. The molecule has 10 heteroatoms. The summed E-state index contributed by atoms with van der Waals surface area (Å²) >= 11 is 0. The smallest absolute Gasteiger partial charge is 0.344 e. The van der Waals surface area contributed by atoms with E-state index < -0.39 is 23.4 Å². The van der Waals surface area contributed by atoms with Gasteiger partial charge in [-0.1, -0.05) is 43.3 Å². The van der Waals surface area contributed by atoms with Gasteiger partial charge in [0.05, 0.1) is 20.8 Å². The third kappa shape index (κ3) is 4.94. The molecule has 2 N–H and O–H groups in total. The van der Waals surface area contributed by atoms with Gasteiger partial charge in [-0.25, -0.2) is 4.79 Å². The first-order valence-electron chi connectivity index (χ1n) is 12.0. The van der Waals surface area contributed by atoms with Crippen molar-refractivity contribution in [3.63, 3.8) is 0 Å². The van der Waals surface area contributed by atoms with Gasteiger partial charge in [0.25, 0.3) is 11.8 Å². The van der Waals surface area contributed by atoms with Gasteiger partial charge in [-0.2, -0.15) is 5.01 Å². The van der Waals surface area contributed by atoms with Crippen molar-refractivity contribution in [2.75, 3.05) is 33.9 Å². The Hall–Kier alpha value is -3.79. The van der Waals surface area contributed by atoms with Crippen LogP contribution in [0.1, 0.15) is 31.7 Å². The quantitative estimate of drug-likeness (QED) is 0.513. The number of hydrogen-bond acceptors (Lipinski definition) is 7. The van der Waals surface area contributed by atoms with E-state index in [-0.39, 0.29) is 12.6 Å². The molecule has 2 aromatic carbocycles. The maximum absolute atomic E-state index is 13.2. The zero-order valence-electron chi connectivity index (χ0n) is 20.8. The largest absolute Gasteiger partial charge is 0.493 e. The maximum atomic E-state index is 13.2. The van der Waals surface area contributed by atoms with Crippen molar-refractivity contribution in [3.05, 3.63) is 54.1 Å². The first kappa shape index (κ1) is 25.3. The molecular weight excluding hydrogens is 464 g/mol. The minimum atomic E-state index is -1.19. The highest BCUT2D eigenvalue weighted by molar-refractivity contribution is 6.08. The fraction of sp³-hybridized carbons (Fsp3) is 0.423. The number of benzene rings is 2. The van der Waals surface area contributed by atoms with E-state index in [4.69, 9.17) is 14.2 Å². The van der Waals surface area contributed by atoms with E-state index in [2.05, 4.69) is 10.7 Å². The Balaban J connectivity index is 1.32. The summed E-state index contributed by atoms with van der Waals surface area (Å²) in [5.41, 5.74) is 1.98. The molecule has 2 aliphatic heterocycles. The number of methoxy groups -OCH3 is 2. The fourth-order valence-electron chi connectivity index (χ4n) is 4.69. The summed E-state index contributed by atoms with van der Waals surface area (Å²) in [5.74, 6) is 0.846. The average Bonchev–Trinajstić information content (AvgIpc) is 3.15. The number of hydrogen-bond donors (Lipinski definition) is 2. The summed E-state index contributed by atoms with van der Waals surface area (Å²) in [6, 6.07) is 13.9. The van der Waals surface area contributed by atoms with Crippen LogP contribution in [0, 0.1) is 0 Å². The molecule has 4 amide bonds. The monoisotopic (exact) mass is 496 g/mol. The predicted molar refractivity (Wildman–Crippen MR) is 132 cm³/mol. The van der Waals surface area contributed by atoms with Gasteiger partial charge in [0.15, 0.2) is 11.5 Å². The first-order chi connectivity index (χ1) is 17.4. The van der Waals surface area contributed by atoms with Gasteiger partial charge in [-0.3, -0.25) is 19.9 Å². The summed E-state index contributed by atoms with van der Waals surface area (Å²) < 4.78 is 17.0. The number of hydrazine groups is 1. The van der Waals surface area contributed by atoms with Crippen LogP contribution in [0.25, 0.3) is 0 Å². The topological polar surface area (TPSA) is 109 Å². The molecule has 0 radical (unpaired) electrons. The molecule has 0 aromatic heterocycles. The number of carbonyl (C=O) groups excluding carboxylic acids is 3. The van der Waals surface area contributed by atoms with E-state index in [9.17, 15) is 14.4 Å². The third-order valence-electron chi connectivity index (χ3n) is 6.69. The number of nitrogens with zero attached hydrogens (tertiary/aromatic N) is 2. The molecular formula is C26H32N4O6. The molecule has 1 atom stereocenters. The molecule has 0 saturated carbocycles. The number of likely N-dealkylation sites (tertiary alicyclic amines) is 1. The lowest BCUT2D eigenvalue weighted by Crippen LogP contribution is -2.52. The number of piperidine rings is 1. The van der Waals surface area contributed by atoms with Crippen LogP contribution >= 0.6 is 0 Å². The van der Waals surface area contributed by atoms with Crippen molar-refractivity contribution >= 4 is 17.8 Å². The Morgan fingerprint density at radius 2 is 1.67 bits per heavy atom. The van der Waals surface area contributed by atoms with Crippen molar-refractivity contribution < 1.29 is 28.6 Å². The minimum Gasteiger partial charge on any atom is -0.493 e. The van der Waals surface area contributed by atoms with Crippen LogP contribution in [-0.4, -0.2) is 67.7 Å². The number of para-hydroxylation sites is 1. The number of imide groups is 1. The van der Waals surface area contributed by atoms with Gasteiger partial charge in [-0.05, 0) is 37.0 Å². The maximum Gasteiger partial charge on any atom is 0.344 e. The van der Waals surface area contributed by atoms with E-state index in [1.807, 2.05) is 48.2 Å². The standard InChI is InChI=1S/C26H32N4O6/c1-4-26(18-9-6-5-7-10-18)24(32)30(25(33)27-26)28-22(31)17-29-15-13-19(14-16-29)36-23-20(34-2)11-8-12-21(23)35-3/h5-12,19H,4,13-17H2,1-3H3,(H,27,33)(H,28,31). The Labute approximate surface area is 210 Å². The number of rotatable bonds is 9. The number of urea groups is 1. The lowest BCUT2D eigenvalue weighted by molar-refractivity contribution is -0.140. The molecule has 2 aromatic rings. The van der Waals surface area contributed by atoms with Gasteiger partial charge < -0.3 is 19.5 Å². The lowest BCUT2D eigenvalue weighted by atomic mass is 9.87. The van der Waals surface area contributed by atoms with Crippen molar-refractivity contribution in [2.45, 2.75) is 37.8 Å². The van der Waals surface area contributed by atoms with E-state index >= 15 is 0 Å². The summed E-state index contributed by atoms with van der Waals surface area (Å²) in [6.45, 7) is 3.13. The van der Waals surface area contributed by atoms with E-state index in [1.54, 1.807) is 26.4 Å². The summed E-state index contributed by atoms with van der Waals surface area (Å²) in [4.78, 5) is 40.5. The molecule has 0 spiro atoms. The predicted octanol–water partition coefficient (Wildman–Crippen LogP) is 2.44. The van der Waals surface area contributed by atoms with Crippen molar-refractivity contribution in [2.24, 2.45) is 0 Å². The number of ether oxygens (including phenoxy) is 3. The van der Waals surface area contributed by atoms with Crippen LogP contribution in [0.4, 0.5) is 4.79 Å².